The summed E-state index contributed by atoms with van der Waals surface area (Å²) in [4.78, 5) is 40.3. The summed E-state index contributed by atoms with van der Waals surface area (Å²) in [6, 6.07) is 13.3. The molecule has 1 heterocycles. The van der Waals surface area contributed by atoms with E-state index in [2.05, 4.69) is 0 Å². The molecule has 1 saturated heterocycles. The van der Waals surface area contributed by atoms with Crippen molar-refractivity contribution < 1.29 is 23.5 Å². The van der Waals surface area contributed by atoms with Gasteiger partial charge >= 0.3 is 5.97 Å². The van der Waals surface area contributed by atoms with Crippen LogP contribution >= 0.6 is 0 Å². The molecule has 31 heavy (non-hydrogen) atoms. The number of ether oxygens (including phenoxy) is 1. The maximum absolute atomic E-state index is 13.0. The number of hydrogen-bond acceptors (Lipinski definition) is 4. The minimum absolute atomic E-state index is 0.181. The Balaban J connectivity index is 1.42. The molecule has 0 unspecified atom stereocenters. The predicted octanol–water partition coefficient (Wildman–Crippen LogP) is 3.19. The summed E-state index contributed by atoms with van der Waals surface area (Å²) in [7, 11) is 1.68. The molecular weight excluding hydrogens is 399 g/mol. The smallest absolute Gasteiger partial charge is 0.309 e. The lowest BCUT2D eigenvalue weighted by molar-refractivity contribution is -0.156. The minimum Gasteiger partial charge on any atom is -0.455 e. The number of benzene rings is 2. The molecule has 7 heteroatoms. The lowest BCUT2D eigenvalue weighted by Gasteiger charge is -2.31. The molecule has 0 bridgehead atoms. The Morgan fingerprint density at radius 3 is 2.26 bits per heavy atom. The number of esters is 1. The maximum atomic E-state index is 13.0. The van der Waals surface area contributed by atoms with Crippen LogP contribution < -0.4 is 0 Å². The average molecular weight is 426 g/mol. The van der Waals surface area contributed by atoms with Crippen molar-refractivity contribution >= 4 is 17.8 Å². The summed E-state index contributed by atoms with van der Waals surface area (Å²) in [6.45, 7) is 2.98. The molecule has 0 atom stereocenters. The average Bonchev–Trinajstić information content (AvgIpc) is 2.79. The minimum atomic E-state index is -0.411. The zero-order valence-corrected chi connectivity index (χ0v) is 17.8. The van der Waals surface area contributed by atoms with Crippen LogP contribution in [-0.2, 0) is 20.9 Å². The van der Waals surface area contributed by atoms with E-state index in [-0.39, 0.29) is 24.3 Å². The first-order valence-electron chi connectivity index (χ1n) is 10.3. The van der Waals surface area contributed by atoms with Gasteiger partial charge in [0.2, 0.25) is 0 Å². The van der Waals surface area contributed by atoms with E-state index in [1.165, 1.54) is 29.2 Å². The maximum Gasteiger partial charge on any atom is 0.309 e. The van der Waals surface area contributed by atoms with Crippen LogP contribution in [0.1, 0.15) is 34.3 Å². The molecule has 0 radical (unpaired) electrons. The molecule has 1 aliphatic heterocycles. The summed E-state index contributed by atoms with van der Waals surface area (Å²) in [5.41, 5.74) is 2.58. The molecule has 2 amide bonds. The second kappa shape index (κ2) is 10.2. The number of piperidine rings is 1. The van der Waals surface area contributed by atoms with Crippen LogP contribution in [0, 0.1) is 18.7 Å². The number of aryl methyl sites for hydroxylation is 1. The Morgan fingerprint density at radius 2 is 1.65 bits per heavy atom. The number of carbonyl (C=O) groups excluding carboxylic acids is 3. The van der Waals surface area contributed by atoms with Crippen LogP contribution in [0.25, 0.3) is 0 Å². The molecule has 2 aromatic carbocycles. The highest BCUT2D eigenvalue weighted by Gasteiger charge is 2.29. The first-order valence-corrected chi connectivity index (χ1v) is 10.3. The number of hydrogen-bond donors (Lipinski definition) is 0. The molecule has 0 N–H and O–H groups in total. The Hall–Kier alpha value is -3.22. The van der Waals surface area contributed by atoms with Gasteiger partial charge in [0.25, 0.3) is 11.8 Å². The van der Waals surface area contributed by atoms with E-state index in [9.17, 15) is 18.8 Å². The fourth-order valence-electron chi connectivity index (χ4n) is 3.51. The molecule has 6 nitrogen and oxygen atoms in total. The topological polar surface area (TPSA) is 66.9 Å². The number of carbonyl (C=O) groups is 3. The molecule has 2 aromatic rings. The molecule has 1 fully saturated rings. The number of amides is 2. The van der Waals surface area contributed by atoms with Crippen LogP contribution in [0.2, 0.25) is 0 Å². The van der Waals surface area contributed by atoms with E-state index in [0.717, 1.165) is 11.1 Å². The van der Waals surface area contributed by atoms with E-state index in [1.807, 2.05) is 31.2 Å². The monoisotopic (exact) mass is 426 g/mol. The molecular formula is C24H27FN2O4. The summed E-state index contributed by atoms with van der Waals surface area (Å²) in [5, 5.41) is 0. The van der Waals surface area contributed by atoms with Gasteiger partial charge in [0.15, 0.2) is 6.61 Å². The third kappa shape index (κ3) is 6.13. The quantitative estimate of drug-likeness (QED) is 0.666. The van der Waals surface area contributed by atoms with Crippen LogP contribution in [-0.4, -0.2) is 54.3 Å². The molecule has 1 aliphatic rings. The molecule has 164 valence electrons. The van der Waals surface area contributed by atoms with Gasteiger partial charge in [-0.3, -0.25) is 14.4 Å². The van der Waals surface area contributed by atoms with Crippen LogP contribution in [0.4, 0.5) is 4.39 Å². The highest BCUT2D eigenvalue weighted by molar-refractivity contribution is 5.94. The van der Waals surface area contributed by atoms with Crippen molar-refractivity contribution in [3.63, 3.8) is 0 Å². The third-order valence-corrected chi connectivity index (χ3v) is 5.51. The fraction of sp³-hybridized carbons (Fsp3) is 0.375. The van der Waals surface area contributed by atoms with Crippen molar-refractivity contribution in [2.24, 2.45) is 5.92 Å². The van der Waals surface area contributed by atoms with Crippen molar-refractivity contribution in [3.05, 3.63) is 71.0 Å². The lowest BCUT2D eigenvalue weighted by Crippen LogP contribution is -2.41. The van der Waals surface area contributed by atoms with Gasteiger partial charge in [-0.15, -0.1) is 0 Å². The van der Waals surface area contributed by atoms with E-state index in [4.69, 9.17) is 4.74 Å². The summed E-state index contributed by atoms with van der Waals surface area (Å²) in [6.07, 6.45) is 0.943. The zero-order valence-electron chi connectivity index (χ0n) is 17.8. The molecule has 3 rings (SSSR count). The van der Waals surface area contributed by atoms with Gasteiger partial charge in [0, 0.05) is 32.2 Å². The lowest BCUT2D eigenvalue weighted by atomic mass is 9.96. The van der Waals surface area contributed by atoms with Gasteiger partial charge in [-0.1, -0.05) is 29.8 Å². The molecule has 0 aliphatic carbocycles. The zero-order chi connectivity index (χ0) is 22.4. The highest BCUT2D eigenvalue weighted by atomic mass is 19.1. The van der Waals surface area contributed by atoms with Crippen molar-refractivity contribution in [1.82, 2.24) is 9.80 Å². The van der Waals surface area contributed by atoms with Gasteiger partial charge in [0.05, 0.1) is 5.92 Å². The van der Waals surface area contributed by atoms with E-state index in [0.29, 0.717) is 38.0 Å². The largest absolute Gasteiger partial charge is 0.455 e. The number of likely N-dealkylation sites (tertiary alicyclic amines) is 1. The van der Waals surface area contributed by atoms with E-state index in [1.54, 1.807) is 11.9 Å². The number of nitrogens with zero attached hydrogens (tertiary/aromatic N) is 2. The van der Waals surface area contributed by atoms with Crippen molar-refractivity contribution in [2.75, 3.05) is 26.7 Å². The summed E-state index contributed by atoms with van der Waals surface area (Å²) < 4.78 is 18.3. The first-order chi connectivity index (χ1) is 14.8. The Bertz CT molecular complexity index is 920. The normalized spacial score (nSPS) is 14.2. The van der Waals surface area contributed by atoms with Crippen LogP contribution in [0.15, 0.2) is 48.5 Å². The summed E-state index contributed by atoms with van der Waals surface area (Å²) in [5.74, 6) is -1.59. The van der Waals surface area contributed by atoms with Crippen molar-refractivity contribution in [1.29, 1.82) is 0 Å². The second-order valence-corrected chi connectivity index (χ2v) is 7.92. The summed E-state index contributed by atoms with van der Waals surface area (Å²) >= 11 is 0. The first kappa shape index (κ1) is 22.5. The van der Waals surface area contributed by atoms with Gasteiger partial charge in [0.1, 0.15) is 5.82 Å². The Morgan fingerprint density at radius 1 is 1.03 bits per heavy atom. The van der Waals surface area contributed by atoms with Crippen molar-refractivity contribution in [2.45, 2.75) is 26.3 Å². The molecule has 0 aromatic heterocycles. The van der Waals surface area contributed by atoms with Gasteiger partial charge < -0.3 is 14.5 Å². The van der Waals surface area contributed by atoms with Crippen molar-refractivity contribution in [3.8, 4) is 0 Å². The van der Waals surface area contributed by atoms with E-state index < -0.39 is 11.8 Å². The van der Waals surface area contributed by atoms with Crippen LogP contribution in [0.3, 0.4) is 0 Å². The number of rotatable bonds is 6. The Labute approximate surface area is 181 Å². The number of likely N-dealkylation sites (N-methyl/N-ethyl adjacent to an activating group) is 1. The van der Waals surface area contributed by atoms with Gasteiger partial charge in [-0.2, -0.15) is 0 Å². The molecule has 0 saturated carbocycles. The standard InChI is InChI=1S/C24H27FN2O4/c1-17-3-5-18(6-4-17)15-26(2)22(28)16-31-24(30)20-11-13-27(14-12-20)23(29)19-7-9-21(25)10-8-19/h3-10,20H,11-16H2,1-2H3. The Kier molecular flexibility index (Phi) is 7.39. The second-order valence-electron chi connectivity index (χ2n) is 7.92. The van der Waals surface area contributed by atoms with Gasteiger partial charge in [-0.05, 0) is 49.6 Å². The van der Waals surface area contributed by atoms with E-state index >= 15 is 0 Å². The highest BCUT2D eigenvalue weighted by Crippen LogP contribution is 2.20. The molecule has 0 spiro atoms. The third-order valence-electron chi connectivity index (χ3n) is 5.51. The SMILES string of the molecule is Cc1ccc(CN(C)C(=O)COC(=O)C2CCN(C(=O)c3ccc(F)cc3)CC2)cc1. The predicted molar refractivity (Wildman–Crippen MR) is 114 cm³/mol. The fourth-order valence-corrected chi connectivity index (χ4v) is 3.51. The van der Waals surface area contributed by atoms with Crippen LogP contribution in [0.5, 0.6) is 0 Å². The van der Waals surface area contributed by atoms with Gasteiger partial charge in [-0.25, -0.2) is 4.39 Å². The number of halogens is 1.